The molecular weight excluding hydrogens is 544 g/mol. The molecule has 1 aliphatic rings. The van der Waals surface area contributed by atoms with Crippen molar-refractivity contribution in [3.63, 3.8) is 0 Å². The van der Waals surface area contributed by atoms with Gasteiger partial charge in [0.05, 0.1) is 23.6 Å². The molecule has 8 nitrogen and oxygen atoms in total. The summed E-state index contributed by atoms with van der Waals surface area (Å²) < 4.78 is 69.9. The number of benzene rings is 3. The van der Waals surface area contributed by atoms with E-state index in [-0.39, 0.29) is 34.0 Å². The van der Waals surface area contributed by atoms with E-state index in [0.29, 0.717) is 37.4 Å². The van der Waals surface area contributed by atoms with Gasteiger partial charge in [0.1, 0.15) is 29.4 Å². The lowest BCUT2D eigenvalue weighted by molar-refractivity contribution is -0.107. The number of para-hydroxylation sites is 1. The average Bonchev–Trinajstić information content (AvgIpc) is 3.70. The number of aromatic nitrogens is 4. The van der Waals surface area contributed by atoms with Gasteiger partial charge in [-0.1, -0.05) is 18.2 Å². The van der Waals surface area contributed by atoms with Crippen molar-refractivity contribution < 1.29 is 36.9 Å². The third kappa shape index (κ3) is 5.13. The fraction of sp³-hybridized carbons (Fsp3) is 0.207. The van der Waals surface area contributed by atoms with E-state index in [2.05, 4.69) is 20.2 Å². The number of carbonyl (C=O) groups is 1. The third-order valence-corrected chi connectivity index (χ3v) is 6.71. The summed E-state index contributed by atoms with van der Waals surface area (Å²) in [5.74, 6) is -4.71. The van der Waals surface area contributed by atoms with E-state index in [0.717, 1.165) is 30.6 Å². The Morgan fingerprint density at radius 3 is 2.73 bits per heavy atom. The van der Waals surface area contributed by atoms with Crippen LogP contribution < -0.4 is 9.47 Å². The van der Waals surface area contributed by atoms with Crippen LogP contribution in [0.3, 0.4) is 0 Å². The topological polar surface area (TPSA) is 113 Å². The van der Waals surface area contributed by atoms with Crippen LogP contribution in [0.25, 0.3) is 22.3 Å². The highest BCUT2D eigenvalue weighted by molar-refractivity contribution is 5.82. The number of aryl methyl sites for hydroxylation is 1. The van der Waals surface area contributed by atoms with Crippen LogP contribution in [-0.4, -0.2) is 45.3 Å². The van der Waals surface area contributed by atoms with Crippen molar-refractivity contribution in [2.45, 2.75) is 25.2 Å². The van der Waals surface area contributed by atoms with Crippen LogP contribution in [0.4, 0.5) is 17.6 Å². The maximum absolute atomic E-state index is 14.9. The van der Waals surface area contributed by atoms with E-state index >= 15 is 0 Å². The Bertz CT molecular complexity index is 1720. The van der Waals surface area contributed by atoms with Crippen molar-refractivity contribution in [3.05, 3.63) is 88.9 Å². The monoisotopic (exact) mass is 568 g/mol. The van der Waals surface area contributed by atoms with E-state index in [4.69, 9.17) is 14.6 Å². The second-order valence-corrected chi connectivity index (χ2v) is 9.06. The van der Waals surface area contributed by atoms with E-state index in [1.165, 1.54) is 24.4 Å². The first-order chi connectivity index (χ1) is 20.0. The van der Waals surface area contributed by atoms with Gasteiger partial charge in [0.2, 0.25) is 11.6 Å². The van der Waals surface area contributed by atoms with Gasteiger partial charge >= 0.3 is 0 Å². The van der Waals surface area contributed by atoms with Crippen molar-refractivity contribution in [1.29, 1.82) is 0 Å². The second-order valence-electron chi connectivity index (χ2n) is 9.06. The Morgan fingerprint density at radius 2 is 1.93 bits per heavy atom. The highest BCUT2D eigenvalue weighted by Crippen LogP contribution is 2.40. The molecule has 0 saturated heterocycles. The minimum atomic E-state index is -1.51. The van der Waals surface area contributed by atoms with Gasteiger partial charge in [0, 0.05) is 30.7 Å². The second kappa shape index (κ2) is 11.8. The van der Waals surface area contributed by atoms with Crippen LogP contribution in [-0.2, 0) is 11.2 Å². The van der Waals surface area contributed by atoms with E-state index in [9.17, 15) is 22.4 Å². The number of H-pyrrole nitrogens is 2. The highest BCUT2D eigenvalue weighted by Gasteiger charge is 2.28. The molecule has 6 rings (SSSR count). The van der Waals surface area contributed by atoms with Crippen LogP contribution in [0.15, 0.2) is 48.7 Å². The molecule has 12 heteroatoms. The van der Waals surface area contributed by atoms with Crippen LogP contribution in [0.2, 0.25) is 0 Å². The largest absolute Gasteiger partial charge is 0.493 e. The molecular formula is C29H24F4N4O4. The highest BCUT2D eigenvalue weighted by atomic mass is 19.2. The Balaban J connectivity index is 0.00000165. The van der Waals surface area contributed by atoms with E-state index in [1.807, 2.05) is 18.2 Å². The maximum atomic E-state index is 14.9. The first-order valence-electron chi connectivity index (χ1n) is 12.6. The molecule has 0 bridgehead atoms. The Kier molecular flexibility index (Phi) is 8.02. The summed E-state index contributed by atoms with van der Waals surface area (Å²) in [6.07, 6.45) is 3.64. The van der Waals surface area contributed by atoms with Gasteiger partial charge < -0.3 is 24.4 Å². The molecule has 1 aliphatic heterocycles. The van der Waals surface area contributed by atoms with Gasteiger partial charge in [-0.05, 0) is 42.7 Å². The molecule has 212 valence electrons. The lowest BCUT2D eigenvalue weighted by atomic mass is 9.90. The van der Waals surface area contributed by atoms with Crippen LogP contribution in [0, 0.1) is 23.3 Å². The van der Waals surface area contributed by atoms with Crippen molar-refractivity contribution in [2.75, 3.05) is 13.7 Å². The SMILES string of the molecule is CO.O=CCCc1cccc2c1OCCC2c1nc(-c2cc(Oc3c(F)c(F)c4[nH]ccc4c3F)ccc2F)n[nH]1. The van der Waals surface area contributed by atoms with Crippen molar-refractivity contribution in [1.82, 2.24) is 20.2 Å². The number of rotatable bonds is 7. The lowest BCUT2D eigenvalue weighted by Gasteiger charge is -2.26. The predicted octanol–water partition coefficient (Wildman–Crippen LogP) is 5.96. The number of hydrogen-bond donors (Lipinski definition) is 3. The minimum Gasteiger partial charge on any atom is -0.493 e. The number of hydrogen-bond acceptors (Lipinski definition) is 6. The molecule has 0 spiro atoms. The number of nitrogens with one attached hydrogen (secondary N) is 2. The summed E-state index contributed by atoms with van der Waals surface area (Å²) in [6, 6.07) is 10.4. The van der Waals surface area contributed by atoms with Crippen LogP contribution in [0.5, 0.6) is 17.2 Å². The number of aldehydes is 1. The summed E-state index contributed by atoms with van der Waals surface area (Å²) in [5, 5.41) is 13.8. The molecule has 2 aromatic heterocycles. The number of carbonyl (C=O) groups excluding carboxylic acids is 1. The molecule has 5 aromatic rings. The zero-order valence-electron chi connectivity index (χ0n) is 21.7. The smallest absolute Gasteiger partial charge is 0.206 e. The van der Waals surface area contributed by atoms with Gasteiger partial charge in [0.15, 0.2) is 17.5 Å². The maximum Gasteiger partial charge on any atom is 0.206 e. The standard InChI is InChI=1S/C28H20F4N4O3.CH4O/c29-20-7-6-15(39-26-21(30)18-8-10-33-24(18)22(31)23(26)32)13-19(20)28-34-27(35-36-28)17-9-12-38-25-14(4-2-11-37)3-1-5-16(17)25;1-2/h1,3,5-8,10-11,13,17,33H,2,4,9,12H2,(H,34,35,36);2H,1H3. The van der Waals surface area contributed by atoms with Gasteiger partial charge in [0.25, 0.3) is 0 Å². The van der Waals surface area contributed by atoms with Gasteiger partial charge in [-0.2, -0.15) is 9.49 Å². The van der Waals surface area contributed by atoms with Crippen LogP contribution >= 0.6 is 0 Å². The number of fused-ring (bicyclic) bond motifs is 2. The molecule has 0 saturated carbocycles. The Labute approximate surface area is 231 Å². The molecule has 1 atom stereocenters. The number of aromatic amines is 2. The molecule has 0 radical (unpaired) electrons. The predicted molar refractivity (Wildman–Crippen MR) is 141 cm³/mol. The normalized spacial score (nSPS) is 14.1. The number of nitrogens with zero attached hydrogens (tertiary/aromatic N) is 2. The van der Waals surface area contributed by atoms with Crippen molar-refractivity contribution in [3.8, 4) is 28.6 Å². The molecule has 3 aromatic carbocycles. The van der Waals surface area contributed by atoms with E-state index in [1.54, 1.807) is 0 Å². The number of aliphatic hydroxyl groups excluding tert-OH is 1. The first kappa shape index (κ1) is 27.8. The number of halogens is 4. The van der Waals surface area contributed by atoms with E-state index < -0.39 is 29.0 Å². The van der Waals surface area contributed by atoms with Gasteiger partial charge in [-0.3, -0.25) is 5.10 Å². The zero-order valence-corrected chi connectivity index (χ0v) is 21.7. The minimum absolute atomic E-state index is 0.00584. The summed E-state index contributed by atoms with van der Waals surface area (Å²) >= 11 is 0. The van der Waals surface area contributed by atoms with Crippen LogP contribution in [0.1, 0.15) is 35.7 Å². The van der Waals surface area contributed by atoms with Crippen molar-refractivity contribution in [2.24, 2.45) is 0 Å². The lowest BCUT2D eigenvalue weighted by Crippen LogP contribution is -2.17. The molecule has 1 unspecified atom stereocenters. The third-order valence-electron chi connectivity index (χ3n) is 6.71. The van der Waals surface area contributed by atoms with Gasteiger partial charge in [-0.25, -0.2) is 18.2 Å². The van der Waals surface area contributed by atoms with Crippen molar-refractivity contribution >= 4 is 17.2 Å². The first-order valence-corrected chi connectivity index (χ1v) is 12.6. The summed E-state index contributed by atoms with van der Waals surface area (Å²) in [5.41, 5.74) is 1.38. The summed E-state index contributed by atoms with van der Waals surface area (Å²) in [4.78, 5) is 17.8. The molecule has 3 N–H and O–H groups in total. The Hall–Kier alpha value is -4.71. The molecule has 3 heterocycles. The molecule has 41 heavy (non-hydrogen) atoms. The molecule has 0 aliphatic carbocycles. The summed E-state index contributed by atoms with van der Waals surface area (Å²) in [6.45, 7) is 0.419. The Morgan fingerprint density at radius 1 is 1.10 bits per heavy atom. The number of aliphatic hydroxyl groups is 1. The molecule has 0 amide bonds. The van der Waals surface area contributed by atoms with Gasteiger partial charge in [-0.15, -0.1) is 0 Å². The fourth-order valence-electron chi connectivity index (χ4n) is 4.84. The summed E-state index contributed by atoms with van der Waals surface area (Å²) in [7, 11) is 1.00. The number of ether oxygens (including phenoxy) is 2. The zero-order chi connectivity index (χ0) is 29.1. The quantitative estimate of drug-likeness (QED) is 0.127. The fourth-order valence-corrected chi connectivity index (χ4v) is 4.84. The average molecular weight is 569 g/mol. The molecule has 0 fully saturated rings.